The molecular formula is C11H18ClN3OS. The van der Waals surface area contributed by atoms with Crippen molar-refractivity contribution in [3.05, 3.63) is 21.3 Å². The summed E-state index contributed by atoms with van der Waals surface area (Å²) in [5, 5.41) is 0. The molecule has 6 heteroatoms. The summed E-state index contributed by atoms with van der Waals surface area (Å²) in [6.45, 7) is 0.818. The molecule has 0 aliphatic heterocycles. The van der Waals surface area contributed by atoms with E-state index in [-0.39, 0.29) is 11.9 Å². The number of likely N-dealkylation sites (N-methyl/N-ethyl adjacent to an activating group) is 2. The molecule has 0 aliphatic rings. The summed E-state index contributed by atoms with van der Waals surface area (Å²) in [4.78, 5) is 16.2. The normalized spacial score (nSPS) is 12.8. The van der Waals surface area contributed by atoms with Crippen molar-refractivity contribution in [1.29, 1.82) is 0 Å². The Balaban J connectivity index is 2.71. The molecule has 0 saturated carbocycles. The van der Waals surface area contributed by atoms with Gasteiger partial charge in [0.15, 0.2) is 0 Å². The van der Waals surface area contributed by atoms with Gasteiger partial charge in [0.1, 0.15) is 0 Å². The summed E-state index contributed by atoms with van der Waals surface area (Å²) < 4.78 is 0.741. The third-order valence-electron chi connectivity index (χ3n) is 2.56. The molecule has 1 aromatic heterocycles. The fourth-order valence-electron chi connectivity index (χ4n) is 1.49. The van der Waals surface area contributed by atoms with Gasteiger partial charge >= 0.3 is 0 Å². The van der Waals surface area contributed by atoms with Gasteiger partial charge < -0.3 is 10.6 Å². The van der Waals surface area contributed by atoms with Gasteiger partial charge in [0.2, 0.25) is 5.91 Å². The number of hydrogen-bond acceptors (Lipinski definition) is 4. The van der Waals surface area contributed by atoms with Crippen molar-refractivity contribution < 1.29 is 4.79 Å². The predicted molar refractivity (Wildman–Crippen MR) is 72.4 cm³/mol. The second-order valence-corrected chi connectivity index (χ2v) is 5.84. The van der Waals surface area contributed by atoms with Crippen LogP contribution in [0.2, 0.25) is 4.34 Å². The maximum Gasteiger partial charge on any atom is 0.236 e. The monoisotopic (exact) mass is 275 g/mol. The van der Waals surface area contributed by atoms with Crippen molar-refractivity contribution in [1.82, 2.24) is 9.80 Å². The summed E-state index contributed by atoms with van der Waals surface area (Å²) in [6, 6.07) is 3.85. The van der Waals surface area contributed by atoms with Gasteiger partial charge in [0.25, 0.3) is 0 Å². The second-order valence-electron chi connectivity index (χ2n) is 4.10. The van der Waals surface area contributed by atoms with Crippen molar-refractivity contribution in [3.63, 3.8) is 0 Å². The fraction of sp³-hybridized carbons (Fsp3) is 0.545. The topological polar surface area (TPSA) is 49.6 Å². The minimum atomic E-state index is 0.0383. The van der Waals surface area contributed by atoms with E-state index in [1.807, 2.05) is 24.1 Å². The fourth-order valence-corrected chi connectivity index (χ4v) is 2.73. The lowest BCUT2D eigenvalue weighted by Crippen LogP contribution is -2.38. The zero-order valence-corrected chi connectivity index (χ0v) is 11.9. The summed E-state index contributed by atoms with van der Waals surface area (Å²) >= 11 is 7.41. The molecule has 1 aromatic rings. The Labute approximate surface area is 111 Å². The van der Waals surface area contributed by atoms with Gasteiger partial charge in [0, 0.05) is 25.5 Å². The zero-order chi connectivity index (χ0) is 13.0. The van der Waals surface area contributed by atoms with E-state index in [2.05, 4.69) is 0 Å². The Hall–Kier alpha value is -0.620. The highest BCUT2D eigenvalue weighted by atomic mass is 35.5. The molecule has 1 unspecified atom stereocenters. The molecule has 0 radical (unpaired) electrons. The number of amides is 1. The lowest BCUT2D eigenvalue weighted by atomic mass is 10.2. The number of carbonyl (C=O) groups is 1. The van der Waals surface area contributed by atoms with Crippen molar-refractivity contribution in [2.75, 3.05) is 34.2 Å². The number of hydrogen-bond donors (Lipinski definition) is 1. The maximum absolute atomic E-state index is 11.6. The number of carbonyl (C=O) groups excluding carboxylic acids is 1. The third kappa shape index (κ3) is 3.96. The van der Waals surface area contributed by atoms with E-state index in [4.69, 9.17) is 17.3 Å². The lowest BCUT2D eigenvalue weighted by Gasteiger charge is -2.26. The standard InChI is InChI=1S/C11H18ClN3OS/c1-14(2)11(16)7-15(3)8(6-13)9-4-5-10(12)17-9/h4-5,8H,6-7,13H2,1-3H3. The molecule has 0 fully saturated rings. The molecule has 1 rings (SSSR count). The average Bonchev–Trinajstić information content (AvgIpc) is 2.65. The molecule has 0 saturated heterocycles. The van der Waals surface area contributed by atoms with Gasteiger partial charge in [-0.3, -0.25) is 9.69 Å². The van der Waals surface area contributed by atoms with E-state index in [0.717, 1.165) is 9.21 Å². The number of thiophene rings is 1. The molecule has 2 N–H and O–H groups in total. The van der Waals surface area contributed by atoms with Crippen LogP contribution < -0.4 is 5.73 Å². The molecule has 0 aliphatic carbocycles. The highest BCUT2D eigenvalue weighted by Crippen LogP contribution is 2.29. The Morgan fingerprint density at radius 1 is 1.47 bits per heavy atom. The molecule has 4 nitrogen and oxygen atoms in total. The average molecular weight is 276 g/mol. The van der Waals surface area contributed by atoms with E-state index < -0.39 is 0 Å². The van der Waals surface area contributed by atoms with Crippen molar-refractivity contribution in [2.45, 2.75) is 6.04 Å². The van der Waals surface area contributed by atoms with Crippen LogP contribution in [0.15, 0.2) is 12.1 Å². The number of halogens is 1. The minimum Gasteiger partial charge on any atom is -0.348 e. The molecular weight excluding hydrogens is 258 g/mol. The Bertz CT molecular complexity index is 381. The highest BCUT2D eigenvalue weighted by Gasteiger charge is 2.20. The molecule has 96 valence electrons. The third-order valence-corrected chi connectivity index (χ3v) is 3.89. The van der Waals surface area contributed by atoms with Crippen molar-refractivity contribution in [2.24, 2.45) is 5.73 Å². The Morgan fingerprint density at radius 2 is 2.12 bits per heavy atom. The first kappa shape index (κ1) is 14.4. The van der Waals surface area contributed by atoms with Crippen LogP contribution >= 0.6 is 22.9 Å². The lowest BCUT2D eigenvalue weighted by molar-refractivity contribution is -0.130. The van der Waals surface area contributed by atoms with E-state index in [1.165, 1.54) is 11.3 Å². The van der Waals surface area contributed by atoms with Crippen LogP contribution in [-0.2, 0) is 4.79 Å². The summed E-state index contributed by atoms with van der Waals surface area (Å²) in [5.74, 6) is 0.0635. The van der Waals surface area contributed by atoms with Crippen LogP contribution in [0.25, 0.3) is 0 Å². The van der Waals surface area contributed by atoms with Gasteiger partial charge in [-0.2, -0.15) is 0 Å². The van der Waals surface area contributed by atoms with E-state index in [9.17, 15) is 4.79 Å². The second kappa shape index (κ2) is 6.35. The van der Waals surface area contributed by atoms with E-state index in [0.29, 0.717) is 13.1 Å². The van der Waals surface area contributed by atoms with Crippen LogP contribution in [-0.4, -0.2) is 49.9 Å². The molecule has 1 amide bonds. The van der Waals surface area contributed by atoms with Gasteiger partial charge in [-0.1, -0.05) is 11.6 Å². The van der Waals surface area contributed by atoms with E-state index >= 15 is 0 Å². The minimum absolute atomic E-state index is 0.0383. The molecule has 1 atom stereocenters. The summed E-state index contributed by atoms with van der Waals surface area (Å²) in [6.07, 6.45) is 0. The van der Waals surface area contributed by atoms with Gasteiger partial charge in [-0.15, -0.1) is 11.3 Å². The first-order valence-electron chi connectivity index (χ1n) is 5.31. The molecule has 0 bridgehead atoms. The Morgan fingerprint density at radius 3 is 2.53 bits per heavy atom. The molecule has 0 spiro atoms. The van der Waals surface area contributed by atoms with E-state index in [1.54, 1.807) is 19.0 Å². The first-order chi connectivity index (χ1) is 7.95. The number of nitrogens with two attached hydrogens (primary N) is 1. The van der Waals surface area contributed by atoms with Crippen molar-refractivity contribution >= 4 is 28.8 Å². The van der Waals surface area contributed by atoms with Gasteiger partial charge in [-0.05, 0) is 19.2 Å². The number of rotatable bonds is 5. The molecule has 1 heterocycles. The smallest absolute Gasteiger partial charge is 0.236 e. The SMILES string of the molecule is CN(C)C(=O)CN(C)C(CN)c1ccc(Cl)s1. The van der Waals surface area contributed by atoms with Crippen LogP contribution in [0.1, 0.15) is 10.9 Å². The Kier molecular flexibility index (Phi) is 5.39. The van der Waals surface area contributed by atoms with Gasteiger partial charge in [-0.25, -0.2) is 0 Å². The quantitative estimate of drug-likeness (QED) is 0.884. The van der Waals surface area contributed by atoms with Crippen LogP contribution in [0.5, 0.6) is 0 Å². The number of nitrogens with zero attached hydrogens (tertiary/aromatic N) is 2. The summed E-state index contributed by atoms with van der Waals surface area (Å²) in [7, 11) is 5.39. The highest BCUT2D eigenvalue weighted by molar-refractivity contribution is 7.16. The molecule has 0 aromatic carbocycles. The zero-order valence-electron chi connectivity index (χ0n) is 10.3. The van der Waals surface area contributed by atoms with Crippen molar-refractivity contribution in [3.8, 4) is 0 Å². The largest absolute Gasteiger partial charge is 0.348 e. The van der Waals surface area contributed by atoms with Gasteiger partial charge in [0.05, 0.1) is 16.9 Å². The van der Waals surface area contributed by atoms with Crippen LogP contribution in [0.4, 0.5) is 0 Å². The maximum atomic E-state index is 11.6. The molecule has 17 heavy (non-hydrogen) atoms. The van der Waals surface area contributed by atoms with Crippen LogP contribution in [0, 0.1) is 0 Å². The summed E-state index contributed by atoms with van der Waals surface area (Å²) in [5.41, 5.74) is 5.76. The van der Waals surface area contributed by atoms with Crippen LogP contribution in [0.3, 0.4) is 0 Å². The first-order valence-corrected chi connectivity index (χ1v) is 6.50. The predicted octanol–water partition coefficient (Wildman–Crippen LogP) is 1.42.